The van der Waals surface area contributed by atoms with E-state index in [0.717, 1.165) is 0 Å². The first-order valence-corrected chi connectivity index (χ1v) is 6.89. The molecule has 0 aliphatic rings. The van der Waals surface area contributed by atoms with Crippen molar-refractivity contribution in [2.24, 2.45) is 0 Å². The molecule has 0 aromatic heterocycles. The van der Waals surface area contributed by atoms with Gasteiger partial charge in [-0.05, 0) is 42.0 Å². The number of carboxylic acid groups (broad SMARTS) is 1. The minimum atomic E-state index is -1.28. The zero-order valence-corrected chi connectivity index (χ0v) is 12.8. The van der Waals surface area contributed by atoms with Crippen LogP contribution in [-0.2, 0) is 4.79 Å². The van der Waals surface area contributed by atoms with Crippen LogP contribution in [0.3, 0.4) is 0 Å². The fourth-order valence-electron chi connectivity index (χ4n) is 2.00. The van der Waals surface area contributed by atoms with Crippen molar-refractivity contribution >= 4 is 29.3 Å². The maximum atomic E-state index is 11.9. The van der Waals surface area contributed by atoms with Crippen LogP contribution in [-0.4, -0.2) is 29.2 Å². The lowest BCUT2D eigenvalue weighted by Crippen LogP contribution is -2.08. The van der Waals surface area contributed by atoms with E-state index in [-0.39, 0.29) is 17.0 Å². The van der Waals surface area contributed by atoms with E-state index in [0.29, 0.717) is 17.0 Å². The van der Waals surface area contributed by atoms with Gasteiger partial charge in [0.15, 0.2) is 0 Å². The number of aromatic hydroxyl groups is 1. The van der Waals surface area contributed by atoms with Crippen molar-refractivity contribution in [3.63, 3.8) is 0 Å². The lowest BCUT2D eigenvalue weighted by Gasteiger charge is -2.06. The molecule has 2 aromatic carbocycles. The molecule has 0 bridgehead atoms. The van der Waals surface area contributed by atoms with Crippen LogP contribution in [0.5, 0.6) is 11.5 Å². The van der Waals surface area contributed by atoms with Gasteiger partial charge in [-0.25, -0.2) is 4.79 Å². The number of methoxy groups -OCH3 is 1. The first-order chi connectivity index (χ1) is 11.4. The van der Waals surface area contributed by atoms with Crippen molar-refractivity contribution in [3.8, 4) is 11.5 Å². The summed E-state index contributed by atoms with van der Waals surface area (Å²) in [7, 11) is 1.51. The Balaban J connectivity index is 2.09. The molecule has 7 nitrogen and oxygen atoms in total. The quantitative estimate of drug-likeness (QED) is 0.380. The standard InChI is InChI=1S/C17H16N2O5/c1-24-15-6-2-10(8-13(15)18)3-7-16(21)19-11-4-5-14(20)12(9-11)17(22)23/h2-9,20H,18H2,1H3,(H,19,21)(H,22,23)/b7-3-. The highest BCUT2D eigenvalue weighted by atomic mass is 16.5. The molecule has 2 rings (SSSR count). The van der Waals surface area contributed by atoms with Gasteiger partial charge in [-0.1, -0.05) is 6.07 Å². The maximum Gasteiger partial charge on any atom is 0.339 e. The summed E-state index contributed by atoms with van der Waals surface area (Å²) in [6.45, 7) is 0. The van der Waals surface area contributed by atoms with Gasteiger partial charge < -0.3 is 26.0 Å². The van der Waals surface area contributed by atoms with Crippen molar-refractivity contribution in [1.29, 1.82) is 0 Å². The molecule has 0 fully saturated rings. The van der Waals surface area contributed by atoms with E-state index in [1.165, 1.54) is 31.4 Å². The van der Waals surface area contributed by atoms with Crippen LogP contribution < -0.4 is 15.8 Å². The SMILES string of the molecule is COc1ccc(/C=C\C(=O)Nc2ccc(O)c(C(=O)O)c2)cc1N. The fourth-order valence-corrected chi connectivity index (χ4v) is 2.00. The van der Waals surface area contributed by atoms with Gasteiger partial charge in [0.2, 0.25) is 5.91 Å². The van der Waals surface area contributed by atoms with Crippen molar-refractivity contribution in [3.05, 3.63) is 53.6 Å². The maximum absolute atomic E-state index is 11.9. The van der Waals surface area contributed by atoms with E-state index >= 15 is 0 Å². The van der Waals surface area contributed by atoms with E-state index in [2.05, 4.69) is 5.32 Å². The van der Waals surface area contributed by atoms with Crippen molar-refractivity contribution in [2.45, 2.75) is 0 Å². The number of carbonyl (C=O) groups is 2. The zero-order valence-electron chi connectivity index (χ0n) is 12.8. The van der Waals surface area contributed by atoms with E-state index in [1.807, 2.05) is 0 Å². The summed E-state index contributed by atoms with van der Waals surface area (Å²) < 4.78 is 5.05. The van der Waals surface area contributed by atoms with Crippen LogP contribution >= 0.6 is 0 Å². The third-order valence-corrected chi connectivity index (χ3v) is 3.18. The Labute approximate surface area is 138 Å². The molecule has 124 valence electrons. The van der Waals surface area contributed by atoms with E-state index in [9.17, 15) is 14.7 Å². The number of carbonyl (C=O) groups excluding carboxylic acids is 1. The Morgan fingerprint density at radius 2 is 1.96 bits per heavy atom. The van der Waals surface area contributed by atoms with Gasteiger partial charge in [-0.15, -0.1) is 0 Å². The number of amides is 1. The number of ether oxygens (including phenoxy) is 1. The molecule has 1 amide bonds. The number of carboxylic acids is 1. The van der Waals surface area contributed by atoms with Crippen molar-refractivity contribution < 1.29 is 24.5 Å². The van der Waals surface area contributed by atoms with Gasteiger partial charge in [-0.2, -0.15) is 0 Å². The highest BCUT2D eigenvalue weighted by Gasteiger charge is 2.10. The smallest absolute Gasteiger partial charge is 0.339 e. The van der Waals surface area contributed by atoms with Gasteiger partial charge in [0.05, 0.1) is 12.8 Å². The number of phenols is 1. The highest BCUT2D eigenvalue weighted by Crippen LogP contribution is 2.23. The topological polar surface area (TPSA) is 122 Å². The lowest BCUT2D eigenvalue weighted by molar-refractivity contribution is -0.111. The summed E-state index contributed by atoms with van der Waals surface area (Å²) in [6.07, 6.45) is 2.85. The second-order valence-corrected chi connectivity index (χ2v) is 4.86. The van der Waals surface area contributed by atoms with Crippen LogP contribution in [0.1, 0.15) is 15.9 Å². The molecule has 0 saturated carbocycles. The van der Waals surface area contributed by atoms with Gasteiger partial charge in [-0.3, -0.25) is 4.79 Å². The first kappa shape index (κ1) is 16.9. The largest absolute Gasteiger partial charge is 0.507 e. The average molecular weight is 328 g/mol. The van der Waals surface area contributed by atoms with Gasteiger partial charge in [0.25, 0.3) is 0 Å². The summed E-state index contributed by atoms with van der Waals surface area (Å²) >= 11 is 0. The van der Waals surface area contributed by atoms with E-state index in [4.69, 9.17) is 15.6 Å². The zero-order chi connectivity index (χ0) is 17.7. The second kappa shape index (κ2) is 7.19. The van der Waals surface area contributed by atoms with Crippen LogP contribution in [0.15, 0.2) is 42.5 Å². The van der Waals surface area contributed by atoms with Crippen molar-refractivity contribution in [1.82, 2.24) is 0 Å². The first-order valence-electron chi connectivity index (χ1n) is 6.89. The fraction of sp³-hybridized carbons (Fsp3) is 0.0588. The molecule has 7 heteroatoms. The predicted molar refractivity (Wildman–Crippen MR) is 90.1 cm³/mol. The molecule has 0 spiro atoms. The molecule has 5 N–H and O–H groups in total. The summed E-state index contributed by atoms with van der Waals surface area (Å²) in [5, 5.41) is 20.9. The monoisotopic (exact) mass is 328 g/mol. The third-order valence-electron chi connectivity index (χ3n) is 3.18. The molecule has 0 radical (unpaired) electrons. The predicted octanol–water partition coefficient (Wildman–Crippen LogP) is 2.33. The summed E-state index contributed by atoms with van der Waals surface area (Å²) in [5.41, 5.74) is 6.91. The highest BCUT2D eigenvalue weighted by molar-refractivity contribution is 6.03. The summed E-state index contributed by atoms with van der Waals surface area (Å²) in [4.78, 5) is 22.8. The van der Waals surface area contributed by atoms with E-state index in [1.54, 1.807) is 24.3 Å². The van der Waals surface area contributed by atoms with Crippen LogP contribution in [0.2, 0.25) is 0 Å². The van der Waals surface area contributed by atoms with E-state index < -0.39 is 11.9 Å². The Bertz CT molecular complexity index is 815. The molecular formula is C17H16N2O5. The van der Waals surface area contributed by atoms with Crippen molar-refractivity contribution in [2.75, 3.05) is 18.2 Å². The number of rotatable bonds is 5. The number of anilines is 2. The Kier molecular flexibility index (Phi) is 5.06. The van der Waals surface area contributed by atoms with Gasteiger partial charge in [0.1, 0.15) is 17.1 Å². The Hall–Kier alpha value is -3.48. The van der Waals surface area contributed by atoms with Crippen LogP contribution in [0.4, 0.5) is 11.4 Å². The Morgan fingerprint density at radius 3 is 2.58 bits per heavy atom. The summed E-state index contributed by atoms with van der Waals surface area (Å²) in [6, 6.07) is 8.86. The van der Waals surface area contributed by atoms with Gasteiger partial charge in [0, 0.05) is 11.8 Å². The normalized spacial score (nSPS) is 10.5. The molecule has 0 heterocycles. The minimum Gasteiger partial charge on any atom is -0.507 e. The van der Waals surface area contributed by atoms with Crippen LogP contribution in [0.25, 0.3) is 6.08 Å². The molecule has 0 aliphatic carbocycles. The summed E-state index contributed by atoms with van der Waals surface area (Å²) in [5.74, 6) is -1.56. The molecular weight excluding hydrogens is 312 g/mol. The van der Waals surface area contributed by atoms with Gasteiger partial charge >= 0.3 is 5.97 Å². The molecule has 0 saturated heterocycles. The second-order valence-electron chi connectivity index (χ2n) is 4.86. The number of aromatic carboxylic acids is 1. The lowest BCUT2D eigenvalue weighted by atomic mass is 10.1. The number of hydrogen-bond donors (Lipinski definition) is 4. The number of nitrogen functional groups attached to an aromatic ring is 1. The molecule has 2 aromatic rings. The number of nitrogens with one attached hydrogen (secondary N) is 1. The molecule has 0 atom stereocenters. The number of nitrogens with two attached hydrogens (primary N) is 1. The minimum absolute atomic E-state index is 0.258. The molecule has 0 aliphatic heterocycles. The number of benzene rings is 2. The number of hydrogen-bond acceptors (Lipinski definition) is 5. The average Bonchev–Trinajstić information content (AvgIpc) is 2.54. The van der Waals surface area contributed by atoms with Crippen LogP contribution in [0, 0.1) is 0 Å². The molecule has 0 unspecified atom stereocenters. The Morgan fingerprint density at radius 1 is 1.21 bits per heavy atom. The molecule has 24 heavy (non-hydrogen) atoms. The third kappa shape index (κ3) is 4.04.